The number of nitrogens with two attached hydrogens (primary N) is 1. The number of hydrogen-bond donors (Lipinski definition) is 1. The number of rotatable bonds is 4. The zero-order chi connectivity index (χ0) is 15.1. The highest BCUT2D eigenvalue weighted by molar-refractivity contribution is 7.09. The van der Waals surface area contributed by atoms with Gasteiger partial charge in [-0.2, -0.15) is 0 Å². The van der Waals surface area contributed by atoms with E-state index in [0.717, 1.165) is 23.8 Å². The topological polar surface area (TPSA) is 51.4 Å². The second kappa shape index (κ2) is 5.37. The average Bonchev–Trinajstić information content (AvgIpc) is 2.74. The van der Waals surface area contributed by atoms with Gasteiger partial charge >= 0.3 is 0 Å². The number of ether oxygens (including phenoxy) is 1. The van der Waals surface area contributed by atoms with E-state index in [2.05, 4.69) is 50.0 Å². The molecule has 114 valence electrons. The van der Waals surface area contributed by atoms with Crippen molar-refractivity contribution in [3.8, 4) is 0 Å². The summed E-state index contributed by atoms with van der Waals surface area (Å²) in [5.41, 5.74) is 7.11. The van der Waals surface area contributed by atoms with Gasteiger partial charge in [0.15, 0.2) is 0 Å². The molecule has 1 aliphatic rings. The van der Waals surface area contributed by atoms with Gasteiger partial charge in [-0.1, -0.05) is 0 Å². The van der Waals surface area contributed by atoms with Crippen molar-refractivity contribution in [2.75, 3.05) is 13.6 Å². The monoisotopic (exact) mass is 297 g/mol. The van der Waals surface area contributed by atoms with Crippen molar-refractivity contribution in [1.29, 1.82) is 0 Å². The molecule has 0 saturated carbocycles. The third-order valence-electron chi connectivity index (χ3n) is 4.26. The zero-order valence-electron chi connectivity index (χ0n) is 13.4. The van der Waals surface area contributed by atoms with E-state index >= 15 is 0 Å². The lowest BCUT2D eigenvalue weighted by Gasteiger charge is -2.31. The Balaban J connectivity index is 2.01. The fraction of sp³-hybridized carbons (Fsp3) is 0.800. The van der Waals surface area contributed by atoms with Gasteiger partial charge in [-0.15, -0.1) is 11.3 Å². The van der Waals surface area contributed by atoms with E-state index in [9.17, 15) is 0 Å². The second-order valence-electron chi connectivity index (χ2n) is 7.00. The quantitative estimate of drug-likeness (QED) is 0.927. The number of hydrogen-bond acceptors (Lipinski definition) is 5. The average molecular weight is 297 g/mol. The summed E-state index contributed by atoms with van der Waals surface area (Å²) >= 11 is 1.70. The summed E-state index contributed by atoms with van der Waals surface area (Å²) in [4.78, 5) is 6.82. The molecule has 0 amide bonds. The SMILES string of the molecule is Cc1nc(CN(C)CC2C(N)C(C)(C)OC2(C)C)cs1. The predicted molar refractivity (Wildman–Crippen MR) is 83.9 cm³/mol. The molecule has 20 heavy (non-hydrogen) atoms. The van der Waals surface area contributed by atoms with Crippen molar-refractivity contribution in [2.24, 2.45) is 11.7 Å². The van der Waals surface area contributed by atoms with Gasteiger partial charge in [0.05, 0.1) is 21.9 Å². The van der Waals surface area contributed by atoms with Crippen molar-refractivity contribution in [1.82, 2.24) is 9.88 Å². The Kier molecular flexibility index (Phi) is 4.27. The molecule has 0 aromatic carbocycles. The highest BCUT2D eigenvalue weighted by atomic mass is 32.1. The highest BCUT2D eigenvalue weighted by Gasteiger charge is 2.52. The minimum Gasteiger partial charge on any atom is -0.368 e. The molecule has 0 spiro atoms. The first-order chi connectivity index (χ1) is 9.12. The maximum atomic E-state index is 6.41. The molecule has 1 aromatic heterocycles. The summed E-state index contributed by atoms with van der Waals surface area (Å²) in [6.07, 6.45) is 0. The fourth-order valence-corrected chi connectivity index (χ4v) is 3.83. The standard InChI is InChI=1S/C15H27N3OS/c1-10-17-11(9-20-10)7-18(6)8-12-13(16)15(4,5)19-14(12,2)3/h9,12-13H,7-8,16H2,1-6H3. The number of nitrogens with zero attached hydrogens (tertiary/aromatic N) is 2. The van der Waals surface area contributed by atoms with Crippen LogP contribution in [0.15, 0.2) is 5.38 Å². The smallest absolute Gasteiger partial charge is 0.0897 e. The van der Waals surface area contributed by atoms with Crippen molar-refractivity contribution < 1.29 is 4.74 Å². The molecule has 0 radical (unpaired) electrons. The van der Waals surface area contributed by atoms with E-state index in [1.165, 1.54) is 0 Å². The van der Waals surface area contributed by atoms with E-state index in [-0.39, 0.29) is 17.2 Å². The summed E-state index contributed by atoms with van der Waals surface area (Å²) in [6.45, 7) is 12.3. The fourth-order valence-electron chi connectivity index (χ4n) is 3.23. The van der Waals surface area contributed by atoms with Crippen LogP contribution in [-0.2, 0) is 11.3 Å². The van der Waals surface area contributed by atoms with Gasteiger partial charge in [-0.05, 0) is 41.7 Å². The lowest BCUT2D eigenvalue weighted by atomic mass is 9.83. The molecule has 1 fully saturated rings. The molecule has 0 bridgehead atoms. The minimum absolute atomic E-state index is 0.0529. The number of aromatic nitrogens is 1. The summed E-state index contributed by atoms with van der Waals surface area (Å²) in [5, 5.41) is 3.25. The van der Waals surface area contributed by atoms with Crippen LogP contribution < -0.4 is 5.73 Å². The largest absolute Gasteiger partial charge is 0.368 e. The second-order valence-corrected chi connectivity index (χ2v) is 8.06. The van der Waals surface area contributed by atoms with Crippen LogP contribution >= 0.6 is 11.3 Å². The van der Waals surface area contributed by atoms with Gasteiger partial charge in [0.1, 0.15) is 0 Å². The van der Waals surface area contributed by atoms with Gasteiger partial charge in [-0.25, -0.2) is 4.98 Å². The summed E-state index contributed by atoms with van der Waals surface area (Å²) < 4.78 is 6.15. The lowest BCUT2D eigenvalue weighted by molar-refractivity contribution is -0.0782. The molecule has 4 nitrogen and oxygen atoms in total. The molecule has 2 atom stereocenters. The van der Waals surface area contributed by atoms with Gasteiger partial charge in [0.25, 0.3) is 0 Å². The molecule has 1 aliphatic heterocycles. The first kappa shape index (κ1) is 15.9. The highest BCUT2D eigenvalue weighted by Crippen LogP contribution is 2.41. The van der Waals surface area contributed by atoms with E-state index in [1.807, 2.05) is 6.92 Å². The van der Waals surface area contributed by atoms with Crippen LogP contribution in [0.1, 0.15) is 38.4 Å². The molecule has 1 saturated heterocycles. The maximum absolute atomic E-state index is 6.41. The summed E-state index contributed by atoms with van der Waals surface area (Å²) in [7, 11) is 2.13. The Morgan fingerprint density at radius 3 is 2.45 bits per heavy atom. The first-order valence-corrected chi connectivity index (χ1v) is 8.05. The molecule has 2 unspecified atom stereocenters. The molecule has 2 rings (SSSR count). The predicted octanol–water partition coefficient (Wildman–Crippen LogP) is 2.41. The van der Waals surface area contributed by atoms with Crippen LogP contribution in [0.25, 0.3) is 0 Å². The number of thiazole rings is 1. The van der Waals surface area contributed by atoms with Crippen molar-refractivity contribution in [2.45, 2.75) is 58.4 Å². The molecule has 5 heteroatoms. The Labute approximate surface area is 126 Å². The third-order valence-corrected chi connectivity index (χ3v) is 5.08. The van der Waals surface area contributed by atoms with Gasteiger partial charge < -0.3 is 15.4 Å². The Morgan fingerprint density at radius 1 is 1.35 bits per heavy atom. The number of aryl methyl sites for hydroxylation is 1. The van der Waals surface area contributed by atoms with Gasteiger partial charge in [-0.3, -0.25) is 0 Å². The van der Waals surface area contributed by atoms with Crippen LogP contribution in [0, 0.1) is 12.8 Å². The van der Waals surface area contributed by atoms with E-state index in [1.54, 1.807) is 11.3 Å². The minimum atomic E-state index is -0.258. The molecule has 1 aromatic rings. The Hall–Kier alpha value is -0.490. The zero-order valence-corrected chi connectivity index (χ0v) is 14.3. The third kappa shape index (κ3) is 3.22. The molecule has 0 aliphatic carbocycles. The summed E-state index contributed by atoms with van der Waals surface area (Å²) in [6, 6.07) is 0.0529. The summed E-state index contributed by atoms with van der Waals surface area (Å²) in [5.74, 6) is 0.322. The van der Waals surface area contributed by atoms with E-state index in [0.29, 0.717) is 5.92 Å². The Bertz CT molecular complexity index is 469. The van der Waals surface area contributed by atoms with Crippen LogP contribution in [-0.4, -0.2) is 40.7 Å². The molecule has 2 N–H and O–H groups in total. The van der Waals surface area contributed by atoms with Crippen LogP contribution in [0.4, 0.5) is 0 Å². The molecular formula is C15H27N3OS. The van der Waals surface area contributed by atoms with Crippen LogP contribution in [0.5, 0.6) is 0 Å². The first-order valence-electron chi connectivity index (χ1n) is 7.17. The maximum Gasteiger partial charge on any atom is 0.0897 e. The van der Waals surface area contributed by atoms with Crippen LogP contribution in [0.2, 0.25) is 0 Å². The van der Waals surface area contributed by atoms with Crippen molar-refractivity contribution in [3.63, 3.8) is 0 Å². The Morgan fingerprint density at radius 2 is 2.00 bits per heavy atom. The van der Waals surface area contributed by atoms with Gasteiger partial charge in [0, 0.05) is 30.4 Å². The van der Waals surface area contributed by atoms with Crippen molar-refractivity contribution in [3.05, 3.63) is 16.1 Å². The normalized spacial score (nSPS) is 28.2. The lowest BCUT2D eigenvalue weighted by Crippen LogP contribution is -2.47. The molecule has 2 heterocycles. The van der Waals surface area contributed by atoms with Crippen LogP contribution in [0.3, 0.4) is 0 Å². The van der Waals surface area contributed by atoms with Crippen molar-refractivity contribution >= 4 is 11.3 Å². The van der Waals surface area contributed by atoms with E-state index in [4.69, 9.17) is 10.5 Å². The molecular weight excluding hydrogens is 270 g/mol. The van der Waals surface area contributed by atoms with Gasteiger partial charge in [0.2, 0.25) is 0 Å². The van der Waals surface area contributed by atoms with E-state index < -0.39 is 0 Å².